The Morgan fingerprint density at radius 3 is 3.00 bits per heavy atom. The van der Waals surface area contributed by atoms with E-state index in [0.717, 1.165) is 10.8 Å². The molecule has 2 heterocycles. The third-order valence-corrected chi connectivity index (χ3v) is 4.61. The van der Waals surface area contributed by atoms with E-state index in [9.17, 15) is 0 Å². The Hall–Kier alpha value is -1.39. The van der Waals surface area contributed by atoms with Gasteiger partial charge in [-0.25, -0.2) is 4.98 Å². The van der Waals surface area contributed by atoms with Gasteiger partial charge in [-0.1, -0.05) is 25.1 Å². The van der Waals surface area contributed by atoms with Gasteiger partial charge < -0.3 is 10.1 Å². The average molecular weight is 260 g/mol. The van der Waals surface area contributed by atoms with Gasteiger partial charge in [0, 0.05) is 23.1 Å². The SMILES string of the molecule is CNC1(c2nccs2)c2ccccc2OCC1C. The molecule has 94 valence electrons. The quantitative estimate of drug-likeness (QED) is 0.901. The van der Waals surface area contributed by atoms with Gasteiger partial charge in [0.05, 0.1) is 6.61 Å². The van der Waals surface area contributed by atoms with Crippen molar-refractivity contribution in [2.24, 2.45) is 5.92 Å². The van der Waals surface area contributed by atoms with Gasteiger partial charge in [-0.05, 0) is 13.1 Å². The molecule has 1 N–H and O–H groups in total. The van der Waals surface area contributed by atoms with E-state index < -0.39 is 0 Å². The summed E-state index contributed by atoms with van der Waals surface area (Å²) in [4.78, 5) is 4.53. The first-order chi connectivity index (χ1) is 8.79. The van der Waals surface area contributed by atoms with Gasteiger partial charge in [0.2, 0.25) is 0 Å². The molecule has 3 nitrogen and oxygen atoms in total. The van der Waals surface area contributed by atoms with Crippen LogP contribution >= 0.6 is 11.3 Å². The van der Waals surface area contributed by atoms with Crippen molar-refractivity contribution in [3.05, 3.63) is 46.4 Å². The van der Waals surface area contributed by atoms with Crippen LogP contribution in [0.3, 0.4) is 0 Å². The van der Waals surface area contributed by atoms with Gasteiger partial charge >= 0.3 is 0 Å². The van der Waals surface area contributed by atoms with Crippen LogP contribution in [-0.4, -0.2) is 18.6 Å². The van der Waals surface area contributed by atoms with Crippen molar-refractivity contribution in [3.63, 3.8) is 0 Å². The second-order valence-corrected chi connectivity index (χ2v) is 5.50. The number of rotatable bonds is 2. The molecule has 1 aliphatic heterocycles. The van der Waals surface area contributed by atoms with E-state index >= 15 is 0 Å². The molecule has 2 atom stereocenters. The summed E-state index contributed by atoms with van der Waals surface area (Å²) >= 11 is 1.69. The standard InChI is InChI=1S/C14H16N2OS/c1-10-9-17-12-6-4-3-5-11(12)14(10,15-2)13-16-7-8-18-13/h3-8,10,15H,9H2,1-2H3. The molecule has 0 spiro atoms. The zero-order valence-electron chi connectivity index (χ0n) is 10.5. The fourth-order valence-corrected chi connectivity index (χ4v) is 3.73. The molecule has 0 saturated carbocycles. The Kier molecular flexibility index (Phi) is 2.84. The Labute approximate surface area is 111 Å². The predicted octanol–water partition coefficient (Wildman–Crippen LogP) is 2.63. The molecule has 3 rings (SSSR count). The lowest BCUT2D eigenvalue weighted by atomic mass is 9.77. The van der Waals surface area contributed by atoms with Gasteiger partial charge in [0.25, 0.3) is 0 Å². The van der Waals surface area contributed by atoms with Crippen molar-refractivity contribution in [2.45, 2.75) is 12.5 Å². The monoisotopic (exact) mass is 260 g/mol. The van der Waals surface area contributed by atoms with Crippen LogP contribution in [0.15, 0.2) is 35.8 Å². The van der Waals surface area contributed by atoms with Crippen molar-refractivity contribution in [1.29, 1.82) is 0 Å². The maximum absolute atomic E-state index is 5.83. The number of hydrogen-bond acceptors (Lipinski definition) is 4. The predicted molar refractivity (Wildman–Crippen MR) is 73.1 cm³/mol. The maximum atomic E-state index is 5.83. The Morgan fingerprint density at radius 2 is 2.28 bits per heavy atom. The highest BCUT2D eigenvalue weighted by molar-refractivity contribution is 7.09. The second kappa shape index (κ2) is 4.37. The summed E-state index contributed by atoms with van der Waals surface area (Å²) in [5, 5.41) is 6.63. The highest BCUT2D eigenvalue weighted by Gasteiger charge is 2.45. The molecule has 0 amide bonds. The molecule has 0 aliphatic carbocycles. The number of ether oxygens (including phenoxy) is 1. The third kappa shape index (κ3) is 1.49. The summed E-state index contributed by atoms with van der Waals surface area (Å²) in [6, 6.07) is 8.22. The van der Waals surface area contributed by atoms with Crippen molar-refractivity contribution in [3.8, 4) is 5.75 Å². The van der Waals surface area contributed by atoms with E-state index in [1.54, 1.807) is 11.3 Å². The van der Waals surface area contributed by atoms with E-state index in [1.807, 2.05) is 30.8 Å². The third-order valence-electron chi connectivity index (χ3n) is 3.70. The normalized spacial score (nSPS) is 26.4. The minimum absolute atomic E-state index is 0.233. The molecule has 2 unspecified atom stereocenters. The number of para-hydroxylation sites is 1. The van der Waals surface area contributed by atoms with Crippen LogP contribution in [0.25, 0.3) is 0 Å². The molecule has 18 heavy (non-hydrogen) atoms. The maximum Gasteiger partial charge on any atom is 0.124 e. The van der Waals surface area contributed by atoms with E-state index in [2.05, 4.69) is 29.4 Å². The molecule has 0 saturated heterocycles. The molecule has 0 fully saturated rings. The molecule has 4 heteroatoms. The van der Waals surface area contributed by atoms with Gasteiger partial charge in [-0.2, -0.15) is 0 Å². The lowest BCUT2D eigenvalue weighted by Gasteiger charge is -2.42. The highest BCUT2D eigenvalue weighted by atomic mass is 32.1. The second-order valence-electron chi connectivity index (χ2n) is 4.60. The van der Waals surface area contributed by atoms with Crippen LogP contribution in [0, 0.1) is 5.92 Å². The number of nitrogens with zero attached hydrogens (tertiary/aromatic N) is 1. The first kappa shape index (κ1) is 11.7. The number of thiazole rings is 1. The Balaban J connectivity index is 2.24. The number of fused-ring (bicyclic) bond motifs is 1. The fraction of sp³-hybridized carbons (Fsp3) is 0.357. The van der Waals surface area contributed by atoms with Crippen LogP contribution in [0.1, 0.15) is 17.5 Å². The first-order valence-corrected chi connectivity index (χ1v) is 6.98. The zero-order chi connectivity index (χ0) is 12.6. The minimum Gasteiger partial charge on any atom is -0.493 e. The summed E-state index contributed by atoms with van der Waals surface area (Å²) in [5.74, 6) is 1.30. The molecular formula is C14H16N2OS. The Bertz CT molecular complexity index is 540. The van der Waals surface area contributed by atoms with Crippen LogP contribution in [0.5, 0.6) is 5.75 Å². The largest absolute Gasteiger partial charge is 0.493 e. The van der Waals surface area contributed by atoms with E-state index in [1.165, 1.54) is 5.56 Å². The van der Waals surface area contributed by atoms with E-state index in [0.29, 0.717) is 12.5 Å². The molecule has 2 aromatic rings. The van der Waals surface area contributed by atoms with Crippen LogP contribution in [0.2, 0.25) is 0 Å². The summed E-state index contributed by atoms with van der Waals surface area (Å²) in [6.07, 6.45) is 1.86. The van der Waals surface area contributed by atoms with Gasteiger partial charge in [-0.3, -0.25) is 0 Å². The van der Waals surface area contributed by atoms with Gasteiger partial charge in [-0.15, -0.1) is 11.3 Å². The molecule has 1 aliphatic rings. The number of aromatic nitrogens is 1. The fourth-order valence-electron chi connectivity index (χ4n) is 2.76. The smallest absolute Gasteiger partial charge is 0.124 e. The van der Waals surface area contributed by atoms with Crippen LogP contribution in [0.4, 0.5) is 0 Å². The van der Waals surface area contributed by atoms with Crippen molar-refractivity contribution >= 4 is 11.3 Å². The van der Waals surface area contributed by atoms with Crippen LogP contribution < -0.4 is 10.1 Å². The molecule has 0 bridgehead atoms. The zero-order valence-corrected chi connectivity index (χ0v) is 11.3. The lowest BCUT2D eigenvalue weighted by molar-refractivity contribution is 0.146. The topological polar surface area (TPSA) is 34.2 Å². The average Bonchev–Trinajstić information content (AvgIpc) is 2.93. The molecule has 1 aromatic heterocycles. The molecule has 1 aromatic carbocycles. The number of benzene rings is 1. The van der Waals surface area contributed by atoms with Gasteiger partial charge in [0.15, 0.2) is 0 Å². The summed E-state index contributed by atoms with van der Waals surface area (Å²) in [5.41, 5.74) is 0.949. The number of nitrogens with one attached hydrogen (secondary N) is 1. The van der Waals surface area contributed by atoms with Crippen molar-refractivity contribution < 1.29 is 4.74 Å². The lowest BCUT2D eigenvalue weighted by Crippen LogP contribution is -2.51. The van der Waals surface area contributed by atoms with Crippen molar-refractivity contribution in [2.75, 3.05) is 13.7 Å². The number of hydrogen-bond donors (Lipinski definition) is 1. The molecule has 0 radical (unpaired) electrons. The Morgan fingerprint density at radius 1 is 1.44 bits per heavy atom. The van der Waals surface area contributed by atoms with Gasteiger partial charge in [0.1, 0.15) is 16.3 Å². The van der Waals surface area contributed by atoms with Crippen molar-refractivity contribution in [1.82, 2.24) is 10.3 Å². The molecular weight excluding hydrogens is 244 g/mol. The summed E-state index contributed by atoms with van der Waals surface area (Å²) in [7, 11) is 2.00. The minimum atomic E-state index is -0.233. The van der Waals surface area contributed by atoms with E-state index in [-0.39, 0.29) is 5.54 Å². The summed E-state index contributed by atoms with van der Waals surface area (Å²) in [6.45, 7) is 2.91. The van der Waals surface area contributed by atoms with Crippen LogP contribution in [-0.2, 0) is 5.54 Å². The summed E-state index contributed by atoms with van der Waals surface area (Å²) < 4.78 is 5.83. The van der Waals surface area contributed by atoms with E-state index in [4.69, 9.17) is 4.74 Å². The highest BCUT2D eigenvalue weighted by Crippen LogP contribution is 2.44. The first-order valence-electron chi connectivity index (χ1n) is 6.10.